The average Bonchev–Trinajstić information content (AvgIpc) is 3.63. The van der Waals surface area contributed by atoms with Gasteiger partial charge in [-0.15, -0.1) is 0 Å². The number of aromatic amines is 2. The number of ether oxygens (including phenoxy) is 2. The summed E-state index contributed by atoms with van der Waals surface area (Å²) in [6.45, 7) is 0. The van der Waals surface area contributed by atoms with Crippen LogP contribution < -0.4 is 9.47 Å². The van der Waals surface area contributed by atoms with Gasteiger partial charge in [0.15, 0.2) is 11.5 Å². The van der Waals surface area contributed by atoms with Gasteiger partial charge in [0.05, 0.1) is 12.8 Å². The summed E-state index contributed by atoms with van der Waals surface area (Å²) < 4.78 is 12.4. The van der Waals surface area contributed by atoms with Crippen molar-refractivity contribution in [3.05, 3.63) is 145 Å². The van der Waals surface area contributed by atoms with Gasteiger partial charge in [0.1, 0.15) is 11.4 Å². The number of esters is 2. The predicted molar refractivity (Wildman–Crippen MR) is 182 cm³/mol. The molecule has 2 aromatic heterocycles. The number of aromatic nitrogens is 2. The van der Waals surface area contributed by atoms with E-state index < -0.39 is 11.9 Å². The van der Waals surface area contributed by atoms with Gasteiger partial charge in [0.25, 0.3) is 0 Å². The van der Waals surface area contributed by atoms with E-state index in [-0.39, 0.29) is 12.8 Å². The van der Waals surface area contributed by atoms with Crippen molar-refractivity contribution in [1.82, 2.24) is 9.97 Å². The molecule has 0 unspecified atom stereocenters. The lowest BCUT2D eigenvalue weighted by molar-refractivity contribution is -0.134. The molecule has 6 heteroatoms. The third-order valence-electron chi connectivity index (χ3n) is 8.43. The standard InChI is InChI=1S/C40H28N2O4/c43-35(23-27-15-9-13-25-11-1-3-17-29(25)27)45-39-31-19-5-7-21-33(31)41-37(39)38-40(32-20-6-8-22-34(32)42-38)46-36(44)24-28-16-10-14-26-12-2-4-18-30(26)28/h1-22,41-42H,23-24H2. The van der Waals surface area contributed by atoms with E-state index in [4.69, 9.17) is 9.47 Å². The minimum atomic E-state index is -0.395. The molecule has 0 aliphatic heterocycles. The van der Waals surface area contributed by atoms with Gasteiger partial charge in [-0.05, 0) is 56.9 Å². The highest BCUT2D eigenvalue weighted by Gasteiger charge is 2.25. The van der Waals surface area contributed by atoms with Crippen molar-refractivity contribution in [2.24, 2.45) is 0 Å². The van der Waals surface area contributed by atoms with Crippen molar-refractivity contribution < 1.29 is 19.1 Å². The number of hydrogen-bond acceptors (Lipinski definition) is 4. The molecule has 2 heterocycles. The Hall–Kier alpha value is -6.14. The molecule has 0 saturated carbocycles. The molecule has 0 amide bonds. The van der Waals surface area contributed by atoms with E-state index >= 15 is 0 Å². The number of fused-ring (bicyclic) bond motifs is 4. The molecule has 0 aliphatic rings. The van der Waals surface area contributed by atoms with Crippen molar-refractivity contribution in [1.29, 1.82) is 0 Å². The fourth-order valence-corrected chi connectivity index (χ4v) is 6.30. The molecule has 0 radical (unpaired) electrons. The summed E-state index contributed by atoms with van der Waals surface area (Å²) in [5.74, 6) is -0.0431. The van der Waals surface area contributed by atoms with E-state index in [0.717, 1.165) is 54.5 Å². The minimum Gasteiger partial charge on any atom is -0.423 e. The molecule has 6 nitrogen and oxygen atoms in total. The first-order chi connectivity index (χ1) is 22.6. The molecule has 0 fully saturated rings. The van der Waals surface area contributed by atoms with E-state index in [1.165, 1.54) is 0 Å². The van der Waals surface area contributed by atoms with Crippen LogP contribution in [0.2, 0.25) is 0 Å². The van der Waals surface area contributed by atoms with Crippen molar-refractivity contribution in [3.8, 4) is 22.9 Å². The van der Waals surface area contributed by atoms with Crippen LogP contribution >= 0.6 is 0 Å². The summed E-state index contributed by atoms with van der Waals surface area (Å²) in [5.41, 5.74) is 4.40. The number of nitrogens with one attached hydrogen (secondary N) is 2. The molecule has 0 saturated heterocycles. The predicted octanol–water partition coefficient (Wildman–Crippen LogP) is 8.92. The molecular formula is C40H28N2O4. The monoisotopic (exact) mass is 600 g/mol. The van der Waals surface area contributed by atoms with Gasteiger partial charge in [-0.3, -0.25) is 9.59 Å². The zero-order chi connectivity index (χ0) is 31.0. The van der Waals surface area contributed by atoms with Gasteiger partial charge in [0.2, 0.25) is 0 Å². The fraction of sp³-hybridized carbons (Fsp3) is 0.0500. The molecule has 2 N–H and O–H groups in total. The van der Waals surface area contributed by atoms with Crippen LogP contribution in [0, 0.1) is 0 Å². The van der Waals surface area contributed by atoms with Gasteiger partial charge < -0.3 is 19.4 Å². The van der Waals surface area contributed by atoms with Gasteiger partial charge >= 0.3 is 11.9 Å². The Bertz CT molecular complexity index is 2250. The summed E-state index contributed by atoms with van der Waals surface area (Å²) >= 11 is 0. The molecule has 6 aromatic carbocycles. The van der Waals surface area contributed by atoms with E-state index in [1.807, 2.05) is 133 Å². The molecule has 0 aliphatic carbocycles. The van der Waals surface area contributed by atoms with Crippen LogP contribution in [-0.2, 0) is 22.4 Å². The molecule has 0 spiro atoms. The summed E-state index contributed by atoms with van der Waals surface area (Å²) in [4.78, 5) is 34.0. The highest BCUT2D eigenvalue weighted by Crippen LogP contribution is 2.44. The maximum Gasteiger partial charge on any atom is 0.315 e. The normalized spacial score (nSPS) is 11.4. The third kappa shape index (κ3) is 4.96. The SMILES string of the molecule is O=C(Cc1cccc2ccccc12)Oc1c(-c2[nH]c3ccccc3c2OC(=O)Cc2cccc3ccccc23)[nH]c2ccccc12. The van der Waals surface area contributed by atoms with Crippen LogP contribution in [0.25, 0.3) is 54.7 Å². The first-order valence-electron chi connectivity index (χ1n) is 15.2. The van der Waals surface area contributed by atoms with E-state index in [9.17, 15) is 9.59 Å². The van der Waals surface area contributed by atoms with Crippen LogP contribution in [0.5, 0.6) is 11.5 Å². The molecular weight excluding hydrogens is 572 g/mol. The second-order valence-electron chi connectivity index (χ2n) is 11.3. The molecule has 46 heavy (non-hydrogen) atoms. The number of para-hydroxylation sites is 2. The van der Waals surface area contributed by atoms with Crippen LogP contribution in [0.15, 0.2) is 133 Å². The van der Waals surface area contributed by atoms with Crippen molar-refractivity contribution in [2.45, 2.75) is 12.8 Å². The summed E-state index contributed by atoms with van der Waals surface area (Å²) in [5, 5.41) is 5.64. The molecule has 0 bridgehead atoms. The van der Waals surface area contributed by atoms with Gasteiger partial charge in [-0.25, -0.2) is 0 Å². The second kappa shape index (κ2) is 11.4. The second-order valence-corrected chi connectivity index (χ2v) is 11.3. The van der Waals surface area contributed by atoms with Gasteiger partial charge in [0, 0.05) is 21.8 Å². The van der Waals surface area contributed by atoms with Crippen molar-refractivity contribution >= 4 is 55.3 Å². The van der Waals surface area contributed by atoms with E-state index in [2.05, 4.69) is 9.97 Å². The maximum atomic E-state index is 13.6. The first kappa shape index (κ1) is 27.4. The van der Waals surface area contributed by atoms with E-state index in [1.54, 1.807) is 0 Å². The van der Waals surface area contributed by atoms with Crippen molar-refractivity contribution in [3.63, 3.8) is 0 Å². The topological polar surface area (TPSA) is 84.2 Å². The fourth-order valence-electron chi connectivity index (χ4n) is 6.30. The number of carbonyl (C=O) groups excluding carboxylic acids is 2. The average molecular weight is 601 g/mol. The zero-order valence-electron chi connectivity index (χ0n) is 24.7. The lowest BCUT2D eigenvalue weighted by Crippen LogP contribution is -2.13. The Kier molecular flexibility index (Phi) is 6.80. The molecule has 222 valence electrons. The highest BCUT2D eigenvalue weighted by molar-refractivity contribution is 6.03. The van der Waals surface area contributed by atoms with Crippen LogP contribution in [0.3, 0.4) is 0 Å². The molecule has 8 rings (SSSR count). The lowest BCUT2D eigenvalue weighted by atomic mass is 10.0. The van der Waals surface area contributed by atoms with Crippen LogP contribution in [0.1, 0.15) is 11.1 Å². The van der Waals surface area contributed by atoms with E-state index in [0.29, 0.717) is 22.9 Å². The Morgan fingerprint density at radius 2 is 0.804 bits per heavy atom. The summed E-state index contributed by atoms with van der Waals surface area (Å²) in [6.07, 6.45) is 0.194. The van der Waals surface area contributed by atoms with Crippen LogP contribution in [0.4, 0.5) is 0 Å². The first-order valence-corrected chi connectivity index (χ1v) is 15.2. The minimum absolute atomic E-state index is 0.0971. The number of H-pyrrole nitrogens is 2. The van der Waals surface area contributed by atoms with Gasteiger partial charge in [-0.1, -0.05) is 109 Å². The smallest absolute Gasteiger partial charge is 0.315 e. The molecule has 0 atom stereocenters. The number of benzene rings is 6. The number of carbonyl (C=O) groups is 2. The van der Waals surface area contributed by atoms with Crippen molar-refractivity contribution in [2.75, 3.05) is 0 Å². The number of hydrogen-bond donors (Lipinski definition) is 2. The third-order valence-corrected chi connectivity index (χ3v) is 8.43. The Balaban J connectivity index is 1.18. The highest BCUT2D eigenvalue weighted by atomic mass is 16.5. The van der Waals surface area contributed by atoms with Gasteiger partial charge in [-0.2, -0.15) is 0 Å². The Morgan fingerprint density at radius 1 is 0.435 bits per heavy atom. The molecule has 8 aromatic rings. The largest absolute Gasteiger partial charge is 0.423 e. The lowest BCUT2D eigenvalue weighted by Gasteiger charge is -2.10. The summed E-state index contributed by atoms with van der Waals surface area (Å²) in [7, 11) is 0. The Morgan fingerprint density at radius 3 is 1.26 bits per heavy atom. The Labute approximate surface area is 264 Å². The summed E-state index contributed by atoms with van der Waals surface area (Å²) in [6, 6.07) is 43.1. The van der Waals surface area contributed by atoms with Crippen LogP contribution in [-0.4, -0.2) is 21.9 Å². The number of rotatable bonds is 7. The zero-order valence-corrected chi connectivity index (χ0v) is 24.7. The maximum absolute atomic E-state index is 13.6. The quantitative estimate of drug-likeness (QED) is 0.179.